The van der Waals surface area contributed by atoms with E-state index in [-0.39, 0.29) is 11.8 Å². The first-order chi connectivity index (χ1) is 10.8. The van der Waals surface area contributed by atoms with Gasteiger partial charge in [-0.05, 0) is 43.4 Å². The Bertz CT molecular complexity index is 721. The Morgan fingerprint density at radius 1 is 1.13 bits per heavy atom. The number of sulfonamides is 1. The van der Waals surface area contributed by atoms with Gasteiger partial charge in [0.1, 0.15) is 0 Å². The van der Waals surface area contributed by atoms with E-state index in [1.54, 1.807) is 6.07 Å². The lowest BCUT2D eigenvalue weighted by atomic mass is 10.2. The van der Waals surface area contributed by atoms with Gasteiger partial charge in [-0.2, -0.15) is 4.31 Å². The Balaban J connectivity index is 1.71. The molecule has 1 aliphatic carbocycles. The Hall–Kier alpha value is -1.40. The summed E-state index contributed by atoms with van der Waals surface area (Å²) in [6, 6.07) is 5.49. The summed E-state index contributed by atoms with van der Waals surface area (Å²) in [5.41, 5.74) is 1.70. The summed E-state index contributed by atoms with van der Waals surface area (Å²) in [5.74, 6) is 0.845. The number of rotatable bonds is 3. The zero-order valence-corrected chi connectivity index (χ0v) is 14.8. The third-order valence-corrected chi connectivity index (χ3v) is 6.98. The molecule has 0 bridgehead atoms. The maximum atomic E-state index is 12.9. The molecular weight excluding hydrogens is 312 g/mol. The van der Waals surface area contributed by atoms with Gasteiger partial charge >= 0.3 is 0 Å². The lowest BCUT2D eigenvalue weighted by Gasteiger charge is -2.34. The van der Waals surface area contributed by atoms with Crippen molar-refractivity contribution in [2.45, 2.75) is 32.1 Å². The van der Waals surface area contributed by atoms with Gasteiger partial charge in [0.15, 0.2) is 0 Å². The van der Waals surface area contributed by atoms with E-state index in [1.807, 2.05) is 30.9 Å². The van der Waals surface area contributed by atoms with E-state index < -0.39 is 10.0 Å². The number of aryl methyl sites for hydroxylation is 2. The Morgan fingerprint density at radius 2 is 1.74 bits per heavy atom. The minimum atomic E-state index is -3.48. The number of nitrogens with zero attached hydrogens (tertiary/aromatic N) is 2. The molecule has 0 radical (unpaired) electrons. The summed E-state index contributed by atoms with van der Waals surface area (Å²) in [4.78, 5) is 14.5. The fraction of sp³-hybridized carbons (Fsp3) is 0.588. The number of amides is 1. The third-order valence-electron chi connectivity index (χ3n) is 4.94. The fourth-order valence-corrected chi connectivity index (χ4v) is 4.91. The van der Waals surface area contributed by atoms with Crippen molar-refractivity contribution in [1.29, 1.82) is 0 Å². The summed E-state index contributed by atoms with van der Waals surface area (Å²) in [6.45, 7) is 7.54. The van der Waals surface area contributed by atoms with Crippen LogP contribution in [-0.2, 0) is 14.8 Å². The van der Waals surface area contributed by atoms with E-state index in [2.05, 4.69) is 6.92 Å². The van der Waals surface area contributed by atoms with Crippen LogP contribution in [-0.4, -0.2) is 49.7 Å². The van der Waals surface area contributed by atoms with Crippen molar-refractivity contribution >= 4 is 15.9 Å². The van der Waals surface area contributed by atoms with Crippen molar-refractivity contribution in [3.8, 4) is 0 Å². The molecule has 126 valence electrons. The maximum Gasteiger partial charge on any atom is 0.243 e. The van der Waals surface area contributed by atoms with Crippen molar-refractivity contribution in [2.75, 3.05) is 26.2 Å². The summed E-state index contributed by atoms with van der Waals surface area (Å²) in [7, 11) is -3.48. The number of carbonyl (C=O) groups is 1. The maximum absolute atomic E-state index is 12.9. The van der Waals surface area contributed by atoms with E-state index in [0.717, 1.165) is 17.5 Å². The Kier molecular flexibility index (Phi) is 4.23. The predicted octanol–water partition coefficient (Wildman–Crippen LogP) is 1.79. The standard InChI is InChI=1S/C17H24N2O3S/c1-12-4-5-13(2)16(10-12)23(21,22)19-8-6-18(7-9-19)17(20)15-11-14(15)3/h4-5,10,14-15H,6-9,11H2,1-3H3/t14-,15+/m0/s1. The van der Waals surface area contributed by atoms with Crippen LogP contribution < -0.4 is 0 Å². The van der Waals surface area contributed by atoms with Crippen molar-refractivity contribution in [3.05, 3.63) is 29.3 Å². The molecule has 5 nitrogen and oxygen atoms in total. The van der Waals surface area contributed by atoms with Gasteiger partial charge in [0, 0.05) is 32.1 Å². The molecule has 0 unspecified atom stereocenters. The summed E-state index contributed by atoms with van der Waals surface area (Å²) >= 11 is 0. The monoisotopic (exact) mass is 336 g/mol. The second-order valence-corrected chi connectivity index (χ2v) is 8.72. The Morgan fingerprint density at radius 3 is 2.30 bits per heavy atom. The van der Waals surface area contributed by atoms with Gasteiger partial charge in [0.25, 0.3) is 0 Å². The molecule has 2 atom stereocenters. The van der Waals surface area contributed by atoms with E-state index in [4.69, 9.17) is 0 Å². The van der Waals surface area contributed by atoms with Gasteiger partial charge in [-0.15, -0.1) is 0 Å². The van der Waals surface area contributed by atoms with Gasteiger partial charge in [-0.1, -0.05) is 19.1 Å². The van der Waals surface area contributed by atoms with E-state index in [0.29, 0.717) is 37.0 Å². The molecule has 1 aromatic carbocycles. The molecule has 0 aromatic heterocycles. The molecular formula is C17H24N2O3S. The smallest absolute Gasteiger partial charge is 0.243 e. The average molecular weight is 336 g/mol. The van der Waals surface area contributed by atoms with Crippen LogP contribution in [0.5, 0.6) is 0 Å². The first-order valence-electron chi connectivity index (χ1n) is 8.17. The van der Waals surface area contributed by atoms with Crippen molar-refractivity contribution in [3.63, 3.8) is 0 Å². The minimum Gasteiger partial charge on any atom is -0.340 e. The number of hydrogen-bond donors (Lipinski definition) is 0. The van der Waals surface area contributed by atoms with E-state index in [9.17, 15) is 13.2 Å². The van der Waals surface area contributed by atoms with Crippen molar-refractivity contribution in [1.82, 2.24) is 9.21 Å². The number of benzene rings is 1. The number of piperazine rings is 1. The van der Waals surface area contributed by atoms with Gasteiger partial charge in [0.05, 0.1) is 4.90 Å². The molecule has 1 saturated heterocycles. The second-order valence-electron chi connectivity index (χ2n) is 6.82. The van der Waals surface area contributed by atoms with Crippen molar-refractivity contribution in [2.24, 2.45) is 11.8 Å². The first kappa shape index (κ1) is 16.5. The van der Waals surface area contributed by atoms with Crippen LogP contribution in [0.3, 0.4) is 0 Å². The molecule has 3 rings (SSSR count). The lowest BCUT2D eigenvalue weighted by molar-refractivity contribution is -0.134. The molecule has 1 heterocycles. The first-order valence-corrected chi connectivity index (χ1v) is 9.61. The zero-order chi connectivity index (χ0) is 16.8. The van der Waals surface area contributed by atoms with Gasteiger partial charge in [-0.3, -0.25) is 4.79 Å². The van der Waals surface area contributed by atoms with Gasteiger partial charge in [-0.25, -0.2) is 8.42 Å². The lowest BCUT2D eigenvalue weighted by Crippen LogP contribution is -2.51. The molecule has 1 saturated carbocycles. The van der Waals surface area contributed by atoms with Crippen molar-refractivity contribution < 1.29 is 13.2 Å². The highest BCUT2D eigenvalue weighted by molar-refractivity contribution is 7.89. The zero-order valence-electron chi connectivity index (χ0n) is 13.9. The quantitative estimate of drug-likeness (QED) is 0.846. The normalized spacial score (nSPS) is 25.4. The highest BCUT2D eigenvalue weighted by Crippen LogP contribution is 2.39. The van der Waals surface area contributed by atoms with Gasteiger partial charge < -0.3 is 4.90 Å². The van der Waals surface area contributed by atoms with Crippen LogP contribution in [0.15, 0.2) is 23.1 Å². The average Bonchev–Trinajstić information content (AvgIpc) is 3.26. The Labute approximate surface area is 138 Å². The molecule has 6 heteroatoms. The summed E-state index contributed by atoms with van der Waals surface area (Å²) in [5, 5.41) is 0. The summed E-state index contributed by atoms with van der Waals surface area (Å²) < 4.78 is 27.2. The summed E-state index contributed by atoms with van der Waals surface area (Å²) in [6.07, 6.45) is 0.972. The van der Waals surface area contributed by atoms with Gasteiger partial charge in [0.2, 0.25) is 15.9 Å². The van der Waals surface area contributed by atoms with Crippen LogP contribution in [0.4, 0.5) is 0 Å². The molecule has 1 aromatic rings. The number of carbonyl (C=O) groups excluding carboxylic acids is 1. The van der Waals surface area contributed by atoms with Crippen LogP contribution in [0.1, 0.15) is 24.5 Å². The fourth-order valence-electron chi connectivity index (χ4n) is 3.17. The van der Waals surface area contributed by atoms with Crippen LogP contribution in [0.2, 0.25) is 0 Å². The van der Waals surface area contributed by atoms with Crippen LogP contribution in [0, 0.1) is 25.7 Å². The molecule has 0 N–H and O–H groups in total. The van der Waals surface area contributed by atoms with Crippen LogP contribution >= 0.6 is 0 Å². The second kappa shape index (κ2) is 5.91. The third kappa shape index (κ3) is 3.15. The van der Waals surface area contributed by atoms with E-state index in [1.165, 1.54) is 4.31 Å². The highest BCUT2D eigenvalue weighted by atomic mass is 32.2. The number of hydrogen-bond acceptors (Lipinski definition) is 3. The van der Waals surface area contributed by atoms with E-state index >= 15 is 0 Å². The highest BCUT2D eigenvalue weighted by Gasteiger charge is 2.42. The predicted molar refractivity (Wildman–Crippen MR) is 88.5 cm³/mol. The SMILES string of the molecule is Cc1ccc(C)c(S(=O)(=O)N2CCN(C(=O)[C@@H]3C[C@@H]3C)CC2)c1. The molecule has 1 aliphatic heterocycles. The molecule has 1 amide bonds. The van der Waals surface area contributed by atoms with Crippen LogP contribution in [0.25, 0.3) is 0 Å². The molecule has 23 heavy (non-hydrogen) atoms. The molecule has 2 aliphatic rings. The topological polar surface area (TPSA) is 57.7 Å². The minimum absolute atomic E-state index is 0.164. The molecule has 2 fully saturated rings. The largest absolute Gasteiger partial charge is 0.340 e. The molecule has 0 spiro atoms.